The second-order valence-corrected chi connectivity index (χ2v) is 6.12. The summed E-state index contributed by atoms with van der Waals surface area (Å²) in [6.07, 6.45) is 1.36. The van der Waals surface area contributed by atoms with E-state index in [4.69, 9.17) is 9.47 Å². The molecule has 0 N–H and O–H groups in total. The summed E-state index contributed by atoms with van der Waals surface area (Å²) in [5.41, 5.74) is -0.465. The van der Waals surface area contributed by atoms with Crippen molar-refractivity contribution in [2.75, 3.05) is 20.2 Å². The van der Waals surface area contributed by atoms with Crippen molar-refractivity contribution in [3.63, 3.8) is 0 Å². The van der Waals surface area contributed by atoms with Gasteiger partial charge in [-0.2, -0.15) is 0 Å². The van der Waals surface area contributed by atoms with Gasteiger partial charge < -0.3 is 14.4 Å². The van der Waals surface area contributed by atoms with Crippen molar-refractivity contribution in [3.05, 3.63) is 0 Å². The predicted octanol–water partition coefficient (Wildman–Crippen LogP) is 2.44. The van der Waals surface area contributed by atoms with Crippen molar-refractivity contribution in [1.82, 2.24) is 4.90 Å². The van der Waals surface area contributed by atoms with E-state index in [1.807, 2.05) is 27.7 Å². The second-order valence-electron chi connectivity index (χ2n) is 6.12. The first-order chi connectivity index (χ1) is 8.74. The van der Waals surface area contributed by atoms with Gasteiger partial charge in [0.25, 0.3) is 0 Å². The number of piperidine rings is 1. The fourth-order valence-electron chi connectivity index (χ4n) is 2.29. The predicted molar refractivity (Wildman–Crippen MR) is 71.7 cm³/mol. The number of hydrogen-bond donors (Lipinski definition) is 0. The minimum atomic E-state index is -0.465. The van der Waals surface area contributed by atoms with Crippen LogP contribution < -0.4 is 0 Å². The van der Waals surface area contributed by atoms with Gasteiger partial charge in [0.15, 0.2) is 0 Å². The van der Waals surface area contributed by atoms with Gasteiger partial charge >= 0.3 is 12.1 Å². The number of amides is 1. The molecule has 1 saturated heterocycles. The molecule has 0 aliphatic carbocycles. The van der Waals surface area contributed by atoms with Crippen LogP contribution in [0.5, 0.6) is 0 Å². The summed E-state index contributed by atoms with van der Waals surface area (Å²) in [6.45, 7) is 8.74. The maximum atomic E-state index is 11.9. The number of carbonyl (C=O) groups excluding carboxylic acids is 2. The molecule has 19 heavy (non-hydrogen) atoms. The van der Waals surface area contributed by atoms with Crippen LogP contribution in [-0.4, -0.2) is 42.8 Å². The molecule has 0 aromatic heterocycles. The summed E-state index contributed by atoms with van der Waals surface area (Å²) < 4.78 is 10.1. The maximum Gasteiger partial charge on any atom is 0.410 e. The third-order valence-electron chi connectivity index (χ3n) is 3.47. The zero-order valence-electron chi connectivity index (χ0n) is 12.6. The van der Waals surface area contributed by atoms with Crippen LogP contribution in [0.1, 0.15) is 40.5 Å². The molecule has 1 amide bonds. The maximum absolute atomic E-state index is 11.9. The number of carbonyl (C=O) groups is 2. The zero-order valence-corrected chi connectivity index (χ0v) is 12.6. The van der Waals surface area contributed by atoms with Crippen LogP contribution >= 0.6 is 0 Å². The van der Waals surface area contributed by atoms with Crippen molar-refractivity contribution >= 4 is 12.1 Å². The van der Waals surface area contributed by atoms with Gasteiger partial charge in [-0.05, 0) is 39.5 Å². The molecule has 1 rings (SSSR count). The molecular formula is C14H25NO4. The molecule has 1 heterocycles. The molecule has 5 nitrogen and oxygen atoms in total. The van der Waals surface area contributed by atoms with E-state index in [2.05, 4.69) is 0 Å². The highest BCUT2D eigenvalue weighted by atomic mass is 16.6. The average molecular weight is 271 g/mol. The number of rotatable bonds is 2. The summed E-state index contributed by atoms with van der Waals surface area (Å²) in [6, 6.07) is 0. The summed E-state index contributed by atoms with van der Waals surface area (Å²) in [5.74, 6) is 0.00708. The number of likely N-dealkylation sites (tertiary alicyclic amines) is 1. The summed E-state index contributed by atoms with van der Waals surface area (Å²) in [4.78, 5) is 25.1. The van der Waals surface area contributed by atoms with Gasteiger partial charge in [0.1, 0.15) is 5.60 Å². The smallest absolute Gasteiger partial charge is 0.410 e. The summed E-state index contributed by atoms with van der Waals surface area (Å²) >= 11 is 0. The topological polar surface area (TPSA) is 55.8 Å². The van der Waals surface area contributed by atoms with Crippen LogP contribution in [-0.2, 0) is 14.3 Å². The Morgan fingerprint density at radius 2 is 1.74 bits per heavy atom. The lowest BCUT2D eigenvalue weighted by molar-refractivity contribution is -0.147. The molecule has 1 aliphatic heterocycles. The van der Waals surface area contributed by atoms with E-state index in [-0.39, 0.29) is 23.9 Å². The number of esters is 1. The van der Waals surface area contributed by atoms with Crippen molar-refractivity contribution in [2.45, 2.75) is 46.1 Å². The highest BCUT2D eigenvalue weighted by molar-refractivity contribution is 5.72. The molecule has 0 spiro atoms. The standard InChI is InChI=1S/C14H25NO4/c1-10(12(16)18-5)11-6-8-15(9-7-11)13(17)19-14(2,3)4/h10-11H,6-9H2,1-5H3/t10-/m1/s1. The fourth-order valence-corrected chi connectivity index (χ4v) is 2.29. The molecule has 1 fully saturated rings. The van der Waals surface area contributed by atoms with E-state index in [1.54, 1.807) is 4.90 Å². The highest BCUT2D eigenvalue weighted by Crippen LogP contribution is 2.26. The molecule has 0 bridgehead atoms. The van der Waals surface area contributed by atoms with E-state index >= 15 is 0 Å². The lowest BCUT2D eigenvalue weighted by atomic mass is 9.85. The Bertz CT molecular complexity index is 327. The van der Waals surface area contributed by atoms with Crippen molar-refractivity contribution in [1.29, 1.82) is 0 Å². The molecule has 0 saturated carbocycles. The molecule has 1 aliphatic rings. The number of ether oxygens (including phenoxy) is 2. The van der Waals surface area contributed by atoms with Gasteiger partial charge in [0, 0.05) is 13.1 Å². The molecule has 110 valence electrons. The Labute approximate surface area is 115 Å². The van der Waals surface area contributed by atoms with Crippen LogP contribution in [0, 0.1) is 11.8 Å². The Morgan fingerprint density at radius 3 is 2.16 bits per heavy atom. The van der Waals surface area contributed by atoms with Crippen LogP contribution in [0.25, 0.3) is 0 Å². The van der Waals surface area contributed by atoms with E-state index < -0.39 is 5.60 Å². The third kappa shape index (κ3) is 4.73. The van der Waals surface area contributed by atoms with Crippen LogP contribution in [0.2, 0.25) is 0 Å². The first-order valence-electron chi connectivity index (χ1n) is 6.80. The van der Waals surface area contributed by atoms with Crippen molar-refractivity contribution < 1.29 is 19.1 Å². The SMILES string of the molecule is COC(=O)[C@H](C)C1CCN(C(=O)OC(C)(C)C)CC1. The van der Waals surface area contributed by atoms with Gasteiger partial charge in [-0.25, -0.2) is 4.79 Å². The minimum Gasteiger partial charge on any atom is -0.469 e. The number of methoxy groups -OCH3 is 1. The zero-order chi connectivity index (χ0) is 14.6. The summed E-state index contributed by atoms with van der Waals surface area (Å²) in [5, 5.41) is 0. The Balaban J connectivity index is 2.45. The second kappa shape index (κ2) is 6.26. The quantitative estimate of drug-likeness (QED) is 0.724. The van der Waals surface area contributed by atoms with E-state index in [9.17, 15) is 9.59 Å². The molecule has 0 aromatic carbocycles. The Hall–Kier alpha value is -1.26. The largest absolute Gasteiger partial charge is 0.469 e. The molecular weight excluding hydrogens is 246 g/mol. The van der Waals surface area contributed by atoms with Crippen LogP contribution in [0.4, 0.5) is 4.79 Å². The van der Waals surface area contributed by atoms with E-state index in [0.717, 1.165) is 12.8 Å². The fraction of sp³-hybridized carbons (Fsp3) is 0.857. The van der Waals surface area contributed by atoms with Gasteiger partial charge in [-0.3, -0.25) is 4.79 Å². The molecule has 5 heteroatoms. The molecule has 1 atom stereocenters. The number of hydrogen-bond acceptors (Lipinski definition) is 4. The lowest BCUT2D eigenvalue weighted by Gasteiger charge is -2.34. The van der Waals surface area contributed by atoms with Gasteiger partial charge in [0.2, 0.25) is 0 Å². The van der Waals surface area contributed by atoms with E-state index in [0.29, 0.717) is 13.1 Å². The molecule has 0 radical (unpaired) electrons. The van der Waals surface area contributed by atoms with Crippen molar-refractivity contribution in [2.24, 2.45) is 11.8 Å². The van der Waals surface area contributed by atoms with Crippen LogP contribution in [0.15, 0.2) is 0 Å². The van der Waals surface area contributed by atoms with Gasteiger partial charge in [0.05, 0.1) is 13.0 Å². The van der Waals surface area contributed by atoms with Gasteiger partial charge in [-0.15, -0.1) is 0 Å². The Kier molecular flexibility index (Phi) is 5.20. The van der Waals surface area contributed by atoms with Crippen LogP contribution in [0.3, 0.4) is 0 Å². The molecule has 0 aromatic rings. The first kappa shape index (κ1) is 15.8. The van der Waals surface area contributed by atoms with E-state index in [1.165, 1.54) is 7.11 Å². The monoisotopic (exact) mass is 271 g/mol. The number of nitrogens with zero attached hydrogens (tertiary/aromatic N) is 1. The Morgan fingerprint density at radius 1 is 1.21 bits per heavy atom. The summed E-state index contributed by atoms with van der Waals surface area (Å²) in [7, 11) is 1.41. The normalized spacial score (nSPS) is 18.9. The first-order valence-corrected chi connectivity index (χ1v) is 6.80. The van der Waals surface area contributed by atoms with Gasteiger partial charge in [-0.1, -0.05) is 6.92 Å². The third-order valence-corrected chi connectivity index (χ3v) is 3.47. The average Bonchev–Trinajstić information content (AvgIpc) is 2.35. The van der Waals surface area contributed by atoms with Crippen molar-refractivity contribution in [3.8, 4) is 0 Å². The minimum absolute atomic E-state index is 0.106. The lowest BCUT2D eigenvalue weighted by Crippen LogP contribution is -2.43. The highest BCUT2D eigenvalue weighted by Gasteiger charge is 2.31. The molecule has 0 unspecified atom stereocenters.